The van der Waals surface area contributed by atoms with E-state index in [1.807, 2.05) is 36.4 Å². The Labute approximate surface area is 802 Å². The fourth-order valence-electron chi connectivity index (χ4n) is 18.9. The second-order valence-electron chi connectivity index (χ2n) is 40.8. The minimum absolute atomic E-state index is 0.120. The van der Waals surface area contributed by atoms with Gasteiger partial charge in [0.1, 0.15) is 0 Å². The van der Waals surface area contributed by atoms with E-state index in [9.17, 15) is 0 Å². The summed E-state index contributed by atoms with van der Waals surface area (Å²) in [6, 6.07) is 128. The summed E-state index contributed by atoms with van der Waals surface area (Å²) < 4.78 is 21.7. The van der Waals surface area contributed by atoms with Crippen LogP contribution in [-0.2, 0) is 62.4 Å². The van der Waals surface area contributed by atoms with Gasteiger partial charge in [-0.05, 0) is 288 Å². The van der Waals surface area contributed by atoms with Gasteiger partial charge in [0.15, 0.2) is 0 Å². The van der Waals surface area contributed by atoms with Crippen LogP contribution in [0.2, 0.25) is 0 Å². The zero-order valence-corrected chi connectivity index (χ0v) is 81.7. The monoisotopic (exact) mass is 1790 g/mol. The van der Waals surface area contributed by atoms with Gasteiger partial charge < -0.3 is 27.1 Å². The van der Waals surface area contributed by atoms with E-state index in [1.165, 1.54) is 180 Å². The number of hydrogen-bond acceptors (Lipinski definition) is 6. The van der Waals surface area contributed by atoms with Crippen molar-refractivity contribution in [1.82, 2.24) is 38.7 Å². The minimum Gasteiger partial charge on any atom is -0.416 e. The summed E-state index contributed by atoms with van der Waals surface area (Å²) >= 11 is 0. The molecule has 0 N–H and O–H groups in total. The third kappa shape index (κ3) is 21.0. The molecule has 0 fully saturated rings. The first-order valence-electron chi connectivity index (χ1n) is 49.3. The molecule has 0 spiro atoms. The molecule has 0 bridgehead atoms. The largest absolute Gasteiger partial charge is 0.416 e. The van der Waals surface area contributed by atoms with Crippen molar-refractivity contribution < 1.29 is 8.83 Å². The Bertz CT molecular complexity index is 7290. The Morgan fingerprint density at radius 3 is 0.721 bits per heavy atom. The summed E-state index contributed by atoms with van der Waals surface area (Å²) in [5.41, 5.74) is 30.1. The fraction of sp³-hybridized carbons (Fsp3) is 0.254. The zero-order chi connectivity index (χ0) is 94.1. The van der Waals surface area contributed by atoms with E-state index in [4.69, 9.17) is 8.83 Å². The molecule has 0 atom stereocenters. The van der Waals surface area contributed by atoms with Crippen LogP contribution in [-0.4, -0.2) is 38.7 Å². The number of fused-ring (bicyclic) bond motifs is 12. The van der Waals surface area contributed by atoms with E-state index in [0.717, 1.165) is 91.6 Å². The number of hydrogen-bond donors (Lipinski definition) is 0. The molecular formula is C126H128N8O2. The molecule has 0 aliphatic carbocycles. The molecule has 15 aromatic carbocycles. The highest BCUT2D eigenvalue weighted by atomic mass is 16.4. The van der Waals surface area contributed by atoms with Crippen molar-refractivity contribution in [2.75, 3.05) is 0 Å². The van der Waals surface area contributed by atoms with Gasteiger partial charge in [-0.25, -0.2) is 0 Å². The smallest absolute Gasteiger partial charge is 0.248 e. The quantitative estimate of drug-likeness (QED) is 0.0565. The van der Waals surface area contributed by atoms with Gasteiger partial charge in [0, 0.05) is 112 Å². The summed E-state index contributed by atoms with van der Waals surface area (Å²) in [5, 5.41) is 27.6. The number of rotatable bonds is 25. The van der Waals surface area contributed by atoms with Gasteiger partial charge >= 0.3 is 0 Å². The van der Waals surface area contributed by atoms with Crippen molar-refractivity contribution in [1.29, 1.82) is 0 Å². The van der Waals surface area contributed by atoms with Crippen molar-refractivity contribution in [2.24, 2.45) is 23.7 Å². The van der Waals surface area contributed by atoms with Crippen LogP contribution >= 0.6 is 0 Å². The Balaban J connectivity index is 0.000000129. The van der Waals surface area contributed by atoms with Crippen molar-refractivity contribution >= 4 is 87.2 Å². The van der Waals surface area contributed by atoms with E-state index in [1.54, 1.807) is 0 Å². The molecular weight excluding hydrogens is 1660 g/mol. The molecule has 21 aromatic rings. The number of nitrogens with zero attached hydrogens (tertiary/aromatic N) is 8. The van der Waals surface area contributed by atoms with Gasteiger partial charge in [-0.2, -0.15) is 0 Å². The lowest BCUT2D eigenvalue weighted by Gasteiger charge is -2.18. The van der Waals surface area contributed by atoms with Gasteiger partial charge in [-0.1, -0.05) is 315 Å². The average Bonchev–Trinajstić information content (AvgIpc) is 1.58. The number of benzene rings is 15. The van der Waals surface area contributed by atoms with Crippen molar-refractivity contribution in [3.63, 3.8) is 0 Å². The van der Waals surface area contributed by atoms with E-state index >= 15 is 0 Å². The standard InChI is InChI=1S/C51H45N3.C29H32N2O.C23H28N2O.C23H23N/c1-35(2)19-20-36-21-25-39(26-22-36)54-50-27-23-37(29-31-52-46-15-7-3-11-40(46)41-12-4-8-16-47(41)52)33-44(50)45-34-38(24-28-51(45)54)30-32-53-48-17-9-5-13-42(48)43-14-6-10-18-49(43)53;1-20(2)6-7-21-8-10-22(11-9-21)23-12-14-24(15-13-23)27-30-31-28(32-27)25-16-18-26(19-17-25)29(3,4)5;1-16(2)6-7-17-8-10-18(11-9-17)21-24-25-22(26-21)19-12-14-20(15-13-19)23(3,4)5;1-17(2)11-12-18-13-15-19(16-14-18)24-22-9-5-3-7-20(22)21-8-4-6-10-23(21)24/h3-18,21-28,33-35H,19-20,29-32H2,1-2H3;8-20H,6-7H2,1-5H3;8-16H,6-7H2,1-5H3;3-10,13-17H,11-12H2,1-2H3. The molecule has 0 unspecified atom stereocenters. The molecule has 0 aliphatic rings. The van der Waals surface area contributed by atoms with Crippen LogP contribution in [0.4, 0.5) is 0 Å². The van der Waals surface area contributed by atoms with Gasteiger partial charge in [0.25, 0.3) is 0 Å². The molecule has 21 rings (SSSR count). The Hall–Kier alpha value is -14.2. The maximum Gasteiger partial charge on any atom is 0.248 e. The fourth-order valence-corrected chi connectivity index (χ4v) is 18.9. The Morgan fingerprint density at radius 2 is 0.441 bits per heavy atom. The molecule has 136 heavy (non-hydrogen) atoms. The summed E-state index contributed by atoms with van der Waals surface area (Å²) in [6.07, 6.45) is 11.3. The first-order valence-corrected chi connectivity index (χ1v) is 49.3. The van der Waals surface area contributed by atoms with Crippen LogP contribution in [0.5, 0.6) is 0 Å². The summed E-state index contributed by atoms with van der Waals surface area (Å²) in [5.74, 6) is 5.11. The summed E-state index contributed by atoms with van der Waals surface area (Å²) in [6.45, 7) is 33.3. The predicted molar refractivity (Wildman–Crippen MR) is 574 cm³/mol. The Morgan fingerprint density at radius 1 is 0.221 bits per heavy atom. The van der Waals surface area contributed by atoms with Crippen molar-refractivity contribution in [2.45, 2.75) is 185 Å². The van der Waals surface area contributed by atoms with Gasteiger partial charge in [0.05, 0.1) is 22.1 Å². The normalized spacial score (nSPS) is 11.9. The van der Waals surface area contributed by atoms with E-state index in [2.05, 4.69) is 451 Å². The second kappa shape index (κ2) is 40.9. The molecule has 10 heteroatoms. The third-order valence-electron chi connectivity index (χ3n) is 27.0. The maximum absolute atomic E-state index is 5.97. The molecule has 0 saturated carbocycles. The molecule has 0 aliphatic heterocycles. The number of aromatic nitrogens is 8. The van der Waals surface area contributed by atoms with Gasteiger partial charge in [-0.15, -0.1) is 20.4 Å². The lowest BCUT2D eigenvalue weighted by molar-refractivity contribution is 0.581. The average molecular weight is 1790 g/mol. The number of para-hydroxylation sites is 6. The summed E-state index contributed by atoms with van der Waals surface area (Å²) in [7, 11) is 0. The van der Waals surface area contributed by atoms with E-state index in [-0.39, 0.29) is 10.8 Å². The molecule has 0 radical (unpaired) electrons. The zero-order valence-electron chi connectivity index (χ0n) is 81.7. The SMILES string of the molecule is CC(C)CCc1ccc(-c2ccc(-c3nnc(-c4ccc(C(C)(C)C)cc4)o3)cc2)cc1.CC(C)CCc1ccc(-c2nnc(-c3ccc(C(C)(C)C)cc3)o2)cc1.CC(C)CCc1ccc(-n2c3ccc(CCn4c5ccccc5c5ccccc54)cc3c3cc(CCn4c5ccccc5c5ccccc54)ccc32)cc1.CC(C)CCc1ccc(-n2c3ccccc3c3ccccc32)cc1. The molecule has 0 amide bonds. The van der Waals surface area contributed by atoms with E-state index in [0.29, 0.717) is 29.5 Å². The first-order chi connectivity index (χ1) is 66.0. The molecule has 6 heterocycles. The molecule has 0 saturated heterocycles. The summed E-state index contributed by atoms with van der Waals surface area (Å²) in [4.78, 5) is 0. The number of aryl methyl sites for hydroxylation is 8. The maximum atomic E-state index is 5.97. The van der Waals surface area contributed by atoms with Crippen LogP contribution in [0.25, 0.3) is 156 Å². The first kappa shape index (κ1) is 92.2. The minimum atomic E-state index is 0.120. The topological polar surface area (TPSA) is 97.6 Å². The van der Waals surface area contributed by atoms with Crippen LogP contribution in [0.1, 0.15) is 167 Å². The highest BCUT2D eigenvalue weighted by molar-refractivity contribution is 6.12. The molecule has 6 aromatic heterocycles. The van der Waals surface area contributed by atoms with Gasteiger partial charge in [0.2, 0.25) is 23.6 Å². The van der Waals surface area contributed by atoms with E-state index < -0.39 is 0 Å². The van der Waals surface area contributed by atoms with Crippen LogP contribution in [0.3, 0.4) is 0 Å². The van der Waals surface area contributed by atoms with Crippen LogP contribution < -0.4 is 0 Å². The highest BCUT2D eigenvalue weighted by Crippen LogP contribution is 2.40. The lowest BCUT2D eigenvalue weighted by atomic mass is 9.87. The van der Waals surface area contributed by atoms with Crippen LogP contribution in [0, 0.1) is 23.7 Å². The predicted octanol–water partition coefficient (Wildman–Crippen LogP) is 33.7. The molecule has 684 valence electrons. The van der Waals surface area contributed by atoms with Crippen molar-refractivity contribution in [3.8, 4) is 68.3 Å². The molecule has 10 nitrogen and oxygen atoms in total. The second-order valence-corrected chi connectivity index (χ2v) is 40.8. The van der Waals surface area contributed by atoms with Crippen LogP contribution in [0.15, 0.2) is 361 Å². The third-order valence-corrected chi connectivity index (χ3v) is 27.0. The van der Waals surface area contributed by atoms with Gasteiger partial charge in [-0.3, -0.25) is 0 Å². The highest BCUT2D eigenvalue weighted by Gasteiger charge is 2.22. The van der Waals surface area contributed by atoms with Crippen molar-refractivity contribution in [3.05, 3.63) is 396 Å². The lowest BCUT2D eigenvalue weighted by Crippen LogP contribution is -2.10. The Kier molecular flexibility index (Phi) is 27.8.